The Morgan fingerprint density at radius 3 is 2.88 bits per heavy atom. The van der Waals surface area contributed by atoms with Crippen molar-refractivity contribution in [2.75, 3.05) is 6.54 Å². The largest absolute Gasteiger partial charge is 0.356 e. The van der Waals surface area contributed by atoms with Crippen molar-refractivity contribution < 1.29 is 4.79 Å². The molecule has 0 saturated heterocycles. The topological polar surface area (TPSA) is 52.9 Å². The maximum absolute atomic E-state index is 11.5. The summed E-state index contributed by atoms with van der Waals surface area (Å²) >= 11 is 5.93. The van der Waals surface area contributed by atoms with Gasteiger partial charge in [0.2, 0.25) is 5.91 Å². The highest BCUT2D eigenvalue weighted by atomic mass is 35.5. The molecular formula is C12H13ClN2O. The summed E-state index contributed by atoms with van der Waals surface area (Å²) in [6.07, 6.45) is 1.43. The van der Waals surface area contributed by atoms with Gasteiger partial charge in [0.25, 0.3) is 0 Å². The number of rotatable bonds is 5. The maximum Gasteiger partial charge on any atom is 0.224 e. The number of hydrogen-bond donors (Lipinski definition) is 1. The van der Waals surface area contributed by atoms with Gasteiger partial charge in [0.05, 0.1) is 12.5 Å². The standard InChI is InChI=1S/C12H13ClN2O/c13-11-6-2-1-5-10(11)9-12(16)15-8-4-3-7-14/h1-2,5-6H,3-4,8-9H2,(H,15,16). The molecule has 0 spiro atoms. The van der Waals surface area contributed by atoms with Crippen LogP contribution in [-0.2, 0) is 11.2 Å². The van der Waals surface area contributed by atoms with Crippen molar-refractivity contribution in [1.29, 1.82) is 5.26 Å². The van der Waals surface area contributed by atoms with Gasteiger partial charge in [0.15, 0.2) is 0 Å². The van der Waals surface area contributed by atoms with Gasteiger partial charge in [-0.3, -0.25) is 4.79 Å². The molecule has 0 atom stereocenters. The van der Waals surface area contributed by atoms with E-state index in [1.807, 2.05) is 24.3 Å². The van der Waals surface area contributed by atoms with E-state index in [0.29, 0.717) is 24.4 Å². The van der Waals surface area contributed by atoms with Crippen LogP contribution in [0.2, 0.25) is 5.02 Å². The van der Waals surface area contributed by atoms with Crippen LogP contribution >= 0.6 is 11.6 Å². The van der Waals surface area contributed by atoms with Crippen LogP contribution in [0.25, 0.3) is 0 Å². The highest BCUT2D eigenvalue weighted by Crippen LogP contribution is 2.15. The number of nitrogens with zero attached hydrogens (tertiary/aromatic N) is 1. The molecule has 0 aromatic heterocycles. The molecule has 84 valence electrons. The van der Waals surface area contributed by atoms with Crippen molar-refractivity contribution in [2.45, 2.75) is 19.3 Å². The summed E-state index contributed by atoms with van der Waals surface area (Å²) < 4.78 is 0. The van der Waals surface area contributed by atoms with Crippen LogP contribution in [0.1, 0.15) is 18.4 Å². The van der Waals surface area contributed by atoms with Crippen LogP contribution in [0.3, 0.4) is 0 Å². The van der Waals surface area contributed by atoms with E-state index in [1.165, 1.54) is 0 Å². The second-order valence-electron chi connectivity index (χ2n) is 3.38. The summed E-state index contributed by atoms with van der Waals surface area (Å²) in [5.41, 5.74) is 0.821. The summed E-state index contributed by atoms with van der Waals surface area (Å²) in [7, 11) is 0. The summed E-state index contributed by atoms with van der Waals surface area (Å²) in [6.45, 7) is 0.539. The summed E-state index contributed by atoms with van der Waals surface area (Å²) in [4.78, 5) is 11.5. The number of carbonyl (C=O) groups is 1. The molecule has 0 aliphatic rings. The quantitative estimate of drug-likeness (QED) is 0.798. The molecule has 0 heterocycles. The molecule has 0 aliphatic carbocycles. The van der Waals surface area contributed by atoms with E-state index >= 15 is 0 Å². The van der Waals surface area contributed by atoms with E-state index in [-0.39, 0.29) is 12.3 Å². The molecule has 4 heteroatoms. The smallest absolute Gasteiger partial charge is 0.224 e. The average Bonchev–Trinajstić information content (AvgIpc) is 2.28. The van der Waals surface area contributed by atoms with Gasteiger partial charge in [-0.05, 0) is 18.1 Å². The Labute approximate surface area is 100 Å². The Morgan fingerprint density at radius 1 is 1.44 bits per heavy atom. The number of unbranched alkanes of at least 4 members (excludes halogenated alkanes) is 1. The predicted octanol–water partition coefficient (Wildman–Crippen LogP) is 2.30. The minimum Gasteiger partial charge on any atom is -0.356 e. The molecule has 1 N–H and O–H groups in total. The minimum atomic E-state index is -0.0639. The molecule has 0 fully saturated rings. The van der Waals surface area contributed by atoms with Crippen LogP contribution in [-0.4, -0.2) is 12.5 Å². The van der Waals surface area contributed by atoms with Crippen molar-refractivity contribution in [1.82, 2.24) is 5.32 Å². The Bertz CT molecular complexity index is 398. The van der Waals surface area contributed by atoms with Crippen LogP contribution in [0.5, 0.6) is 0 Å². The van der Waals surface area contributed by atoms with Crippen molar-refractivity contribution >= 4 is 17.5 Å². The molecule has 0 aliphatic heterocycles. The van der Waals surface area contributed by atoms with Gasteiger partial charge in [-0.2, -0.15) is 5.26 Å². The summed E-state index contributed by atoms with van der Waals surface area (Å²) in [6, 6.07) is 9.30. The van der Waals surface area contributed by atoms with Crippen molar-refractivity contribution in [3.05, 3.63) is 34.9 Å². The third kappa shape index (κ3) is 4.33. The maximum atomic E-state index is 11.5. The fourth-order valence-corrected chi connectivity index (χ4v) is 1.48. The Hall–Kier alpha value is -1.53. The van der Waals surface area contributed by atoms with Gasteiger partial charge < -0.3 is 5.32 Å². The highest BCUT2D eigenvalue weighted by Gasteiger charge is 2.05. The van der Waals surface area contributed by atoms with E-state index in [9.17, 15) is 4.79 Å². The first-order valence-corrected chi connectivity index (χ1v) is 5.49. The van der Waals surface area contributed by atoms with Crippen molar-refractivity contribution in [3.63, 3.8) is 0 Å². The Morgan fingerprint density at radius 2 is 2.19 bits per heavy atom. The molecule has 0 unspecified atom stereocenters. The molecule has 1 rings (SSSR count). The lowest BCUT2D eigenvalue weighted by Crippen LogP contribution is -2.26. The molecule has 16 heavy (non-hydrogen) atoms. The molecule has 3 nitrogen and oxygen atoms in total. The average molecular weight is 237 g/mol. The van der Waals surface area contributed by atoms with E-state index in [4.69, 9.17) is 16.9 Å². The molecule has 0 radical (unpaired) electrons. The van der Waals surface area contributed by atoms with Gasteiger partial charge >= 0.3 is 0 Å². The second kappa shape index (κ2) is 6.86. The zero-order chi connectivity index (χ0) is 11.8. The van der Waals surface area contributed by atoms with Crippen LogP contribution < -0.4 is 5.32 Å². The van der Waals surface area contributed by atoms with E-state index in [0.717, 1.165) is 5.56 Å². The zero-order valence-electron chi connectivity index (χ0n) is 8.87. The number of amides is 1. The number of benzene rings is 1. The van der Waals surface area contributed by atoms with Gasteiger partial charge in [0, 0.05) is 18.0 Å². The molecular weight excluding hydrogens is 224 g/mol. The minimum absolute atomic E-state index is 0.0639. The van der Waals surface area contributed by atoms with Gasteiger partial charge in [-0.1, -0.05) is 29.8 Å². The zero-order valence-corrected chi connectivity index (χ0v) is 9.63. The number of halogens is 1. The van der Waals surface area contributed by atoms with E-state index in [1.54, 1.807) is 6.07 Å². The number of nitriles is 1. The molecule has 0 bridgehead atoms. The fourth-order valence-electron chi connectivity index (χ4n) is 1.27. The molecule has 1 amide bonds. The van der Waals surface area contributed by atoms with E-state index in [2.05, 4.69) is 5.32 Å². The van der Waals surface area contributed by atoms with Gasteiger partial charge in [-0.15, -0.1) is 0 Å². The monoisotopic (exact) mass is 236 g/mol. The predicted molar refractivity (Wildman–Crippen MR) is 63.0 cm³/mol. The molecule has 1 aromatic rings. The highest BCUT2D eigenvalue weighted by molar-refractivity contribution is 6.31. The Balaban J connectivity index is 2.35. The van der Waals surface area contributed by atoms with Gasteiger partial charge in [0.1, 0.15) is 0 Å². The van der Waals surface area contributed by atoms with Crippen molar-refractivity contribution in [3.8, 4) is 6.07 Å². The summed E-state index contributed by atoms with van der Waals surface area (Å²) in [5, 5.41) is 11.7. The van der Waals surface area contributed by atoms with Crippen molar-refractivity contribution in [2.24, 2.45) is 0 Å². The summed E-state index contributed by atoms with van der Waals surface area (Å²) in [5.74, 6) is -0.0639. The van der Waals surface area contributed by atoms with Gasteiger partial charge in [-0.25, -0.2) is 0 Å². The lowest BCUT2D eigenvalue weighted by molar-refractivity contribution is -0.120. The Kier molecular flexibility index (Phi) is 5.38. The second-order valence-corrected chi connectivity index (χ2v) is 3.79. The van der Waals surface area contributed by atoms with Crippen LogP contribution in [0.15, 0.2) is 24.3 Å². The lowest BCUT2D eigenvalue weighted by Gasteiger charge is -2.05. The lowest BCUT2D eigenvalue weighted by atomic mass is 10.1. The number of nitrogens with one attached hydrogen (secondary N) is 1. The number of hydrogen-bond acceptors (Lipinski definition) is 2. The van der Waals surface area contributed by atoms with Crippen LogP contribution in [0, 0.1) is 11.3 Å². The first-order chi connectivity index (χ1) is 7.74. The molecule has 0 saturated carbocycles. The number of carbonyl (C=O) groups excluding carboxylic acids is 1. The van der Waals surface area contributed by atoms with Crippen LogP contribution in [0.4, 0.5) is 0 Å². The SMILES string of the molecule is N#CCCCNC(=O)Cc1ccccc1Cl. The van der Waals surface area contributed by atoms with E-state index < -0.39 is 0 Å². The first-order valence-electron chi connectivity index (χ1n) is 5.11. The third-order valence-corrected chi connectivity index (χ3v) is 2.47. The fraction of sp³-hybridized carbons (Fsp3) is 0.333. The third-order valence-electron chi connectivity index (χ3n) is 2.10. The molecule has 1 aromatic carbocycles. The first kappa shape index (κ1) is 12.5. The normalized spacial score (nSPS) is 9.50.